The van der Waals surface area contributed by atoms with E-state index < -0.39 is 66.0 Å². The molecule has 0 saturated heterocycles. The van der Waals surface area contributed by atoms with Gasteiger partial charge in [-0.2, -0.15) is 13.2 Å². The molecular weight excluding hydrogens is 665 g/mol. The van der Waals surface area contributed by atoms with Crippen molar-refractivity contribution in [3.63, 3.8) is 0 Å². The summed E-state index contributed by atoms with van der Waals surface area (Å²) in [7, 11) is 0. The molecule has 3 aromatic rings. The molecule has 262 valence electrons. The number of primary amides is 1. The molecule has 17 heteroatoms. The minimum Gasteiger partial charge on any atom is -0.489 e. The van der Waals surface area contributed by atoms with Gasteiger partial charge in [-0.05, 0) is 69.2 Å². The number of ether oxygens (including phenoxy) is 5. The highest BCUT2D eigenvalue weighted by molar-refractivity contribution is 5.95. The van der Waals surface area contributed by atoms with Crippen molar-refractivity contribution >= 4 is 11.8 Å². The number of aromatic nitrogens is 1. The van der Waals surface area contributed by atoms with Gasteiger partial charge >= 0.3 is 12.5 Å². The average molecular weight is 696 g/mol. The lowest BCUT2D eigenvalue weighted by molar-refractivity contribution is -0.286. The molecule has 1 aromatic heterocycles. The first-order valence-electron chi connectivity index (χ1n) is 15.0. The van der Waals surface area contributed by atoms with Crippen LogP contribution in [0.5, 0.6) is 28.7 Å². The number of rotatable bonds is 11. The second-order valence-corrected chi connectivity index (χ2v) is 12.2. The van der Waals surface area contributed by atoms with Crippen LogP contribution in [-0.4, -0.2) is 71.4 Å². The van der Waals surface area contributed by atoms with Crippen LogP contribution in [0.2, 0.25) is 0 Å². The third-order valence-electron chi connectivity index (χ3n) is 8.19. The van der Waals surface area contributed by atoms with Gasteiger partial charge in [0.1, 0.15) is 30.1 Å². The van der Waals surface area contributed by atoms with Crippen LogP contribution in [0.25, 0.3) is 11.3 Å². The molecule has 0 spiro atoms. The number of fused-ring (bicyclic) bond motifs is 2. The number of nitrogens with one attached hydrogen (secondary N) is 1. The fraction of sp³-hybridized carbons (Fsp3) is 0.406. The fourth-order valence-electron chi connectivity index (χ4n) is 5.17. The summed E-state index contributed by atoms with van der Waals surface area (Å²) in [6, 6.07) is 8.01. The summed E-state index contributed by atoms with van der Waals surface area (Å²) < 4.78 is 97.8. The summed E-state index contributed by atoms with van der Waals surface area (Å²) in [5.74, 6) is -2.62. The quantitative estimate of drug-likeness (QED) is 0.217. The Morgan fingerprint density at radius 3 is 2.47 bits per heavy atom. The van der Waals surface area contributed by atoms with Gasteiger partial charge in [0.05, 0.1) is 24.4 Å². The topological polar surface area (TPSA) is 172 Å². The molecule has 5 N–H and O–H groups in total. The maximum atomic E-state index is 14.8. The van der Waals surface area contributed by atoms with E-state index in [2.05, 4.69) is 19.8 Å². The maximum absolute atomic E-state index is 14.8. The number of halogens is 5. The largest absolute Gasteiger partial charge is 0.586 e. The third kappa shape index (κ3) is 6.47. The molecule has 1 saturated carbocycles. The van der Waals surface area contributed by atoms with Crippen LogP contribution >= 0.6 is 0 Å². The minimum atomic E-state index is -5.46. The van der Waals surface area contributed by atoms with Crippen molar-refractivity contribution < 1.29 is 65.4 Å². The van der Waals surface area contributed by atoms with E-state index >= 15 is 0 Å². The summed E-state index contributed by atoms with van der Waals surface area (Å²) in [5.41, 5.74) is -1.71. The first-order chi connectivity index (χ1) is 22.9. The molecule has 1 aliphatic carbocycles. The van der Waals surface area contributed by atoms with Crippen LogP contribution in [0.3, 0.4) is 0 Å². The van der Waals surface area contributed by atoms with E-state index in [1.54, 1.807) is 0 Å². The number of nitrogens with two attached hydrogens (primary N) is 1. The van der Waals surface area contributed by atoms with E-state index in [0.717, 1.165) is 31.0 Å². The molecule has 2 aliphatic heterocycles. The lowest BCUT2D eigenvalue weighted by Gasteiger charge is -2.31. The molecule has 2 aromatic carbocycles. The van der Waals surface area contributed by atoms with Crippen molar-refractivity contribution in [3.8, 4) is 40.0 Å². The zero-order valence-corrected chi connectivity index (χ0v) is 25.9. The Bertz CT molecular complexity index is 1820. The molecule has 2 amide bonds. The Labute approximate surface area is 274 Å². The fourth-order valence-corrected chi connectivity index (χ4v) is 5.17. The zero-order chi connectivity index (χ0) is 35.5. The second kappa shape index (κ2) is 11.9. The van der Waals surface area contributed by atoms with Gasteiger partial charge in [-0.3, -0.25) is 9.59 Å². The van der Waals surface area contributed by atoms with Crippen molar-refractivity contribution in [3.05, 3.63) is 59.3 Å². The lowest BCUT2D eigenvalue weighted by Crippen LogP contribution is -2.51. The average Bonchev–Trinajstić information content (AvgIpc) is 3.69. The molecular formula is C32H30F5N3O9. The zero-order valence-electron chi connectivity index (χ0n) is 25.9. The molecule has 3 heterocycles. The van der Waals surface area contributed by atoms with Crippen molar-refractivity contribution in [2.24, 2.45) is 5.73 Å². The third-order valence-corrected chi connectivity index (χ3v) is 8.19. The number of carbonyl (C=O) groups excluding carboxylic acids is 2. The number of pyridine rings is 1. The smallest absolute Gasteiger partial charge is 0.489 e. The van der Waals surface area contributed by atoms with Gasteiger partial charge < -0.3 is 44.9 Å². The molecule has 12 nitrogen and oxygen atoms in total. The van der Waals surface area contributed by atoms with Crippen LogP contribution in [0.4, 0.5) is 22.0 Å². The van der Waals surface area contributed by atoms with E-state index in [-0.39, 0.29) is 58.1 Å². The van der Waals surface area contributed by atoms with E-state index in [1.807, 2.05) is 0 Å². The number of hydrogen-bond donors (Lipinski definition) is 4. The number of amides is 2. The Balaban J connectivity index is 1.37. The lowest BCUT2D eigenvalue weighted by atomic mass is 9.81. The van der Waals surface area contributed by atoms with E-state index in [0.29, 0.717) is 0 Å². The van der Waals surface area contributed by atoms with Crippen LogP contribution in [0, 0.1) is 0 Å². The van der Waals surface area contributed by atoms with Gasteiger partial charge in [-0.1, -0.05) is 0 Å². The van der Waals surface area contributed by atoms with Crippen molar-refractivity contribution in [2.75, 3.05) is 19.8 Å². The number of aliphatic hydroxyl groups is 2. The monoisotopic (exact) mass is 695 g/mol. The number of carbonyl (C=O) groups is 2. The first-order valence-corrected chi connectivity index (χ1v) is 15.0. The van der Waals surface area contributed by atoms with Crippen molar-refractivity contribution in [2.45, 2.75) is 62.4 Å². The van der Waals surface area contributed by atoms with Crippen LogP contribution in [0.1, 0.15) is 48.3 Å². The molecule has 3 atom stereocenters. The SMILES string of the molecule is C[C@@H](O)COc1ccc(C(=O)NCC(O)(c2cc3c(c(-c4ccc5c(c4)OC(F)(F)O5)n2)OC[C@]3(C)C(N)=O)C(F)(F)F)cc1OC1CC1. The van der Waals surface area contributed by atoms with Gasteiger partial charge in [-0.25, -0.2) is 4.98 Å². The van der Waals surface area contributed by atoms with Gasteiger partial charge in [0.15, 0.2) is 23.0 Å². The maximum Gasteiger partial charge on any atom is 0.586 e. The van der Waals surface area contributed by atoms with Crippen molar-refractivity contribution in [1.82, 2.24) is 10.3 Å². The number of benzene rings is 2. The van der Waals surface area contributed by atoms with Crippen LogP contribution < -0.4 is 34.7 Å². The predicted octanol–water partition coefficient (Wildman–Crippen LogP) is 3.69. The Morgan fingerprint density at radius 2 is 1.82 bits per heavy atom. The summed E-state index contributed by atoms with van der Waals surface area (Å²) in [6.07, 6.45) is -8.91. The molecule has 0 radical (unpaired) electrons. The molecule has 49 heavy (non-hydrogen) atoms. The predicted molar refractivity (Wildman–Crippen MR) is 157 cm³/mol. The van der Waals surface area contributed by atoms with Crippen LogP contribution in [0.15, 0.2) is 42.5 Å². The molecule has 1 fully saturated rings. The van der Waals surface area contributed by atoms with Gasteiger partial charge in [0.2, 0.25) is 11.5 Å². The molecule has 0 bridgehead atoms. The Kier molecular flexibility index (Phi) is 8.26. The summed E-state index contributed by atoms with van der Waals surface area (Å²) in [6.45, 7) is 0.892. The number of aliphatic hydroxyl groups excluding tert-OH is 1. The number of nitrogens with zero attached hydrogens (tertiary/aromatic N) is 1. The number of alkyl halides is 5. The molecule has 1 unspecified atom stereocenters. The van der Waals surface area contributed by atoms with E-state index in [4.69, 9.17) is 19.9 Å². The summed E-state index contributed by atoms with van der Waals surface area (Å²) in [5, 5.41) is 23.0. The first kappa shape index (κ1) is 34.0. The Morgan fingerprint density at radius 1 is 1.10 bits per heavy atom. The summed E-state index contributed by atoms with van der Waals surface area (Å²) >= 11 is 0. The van der Waals surface area contributed by atoms with Gasteiger partial charge in [0.25, 0.3) is 5.91 Å². The molecule has 6 rings (SSSR count). The second-order valence-electron chi connectivity index (χ2n) is 12.2. The standard InChI is InChI=1S/C32H30F5N3O9/c1-15(41)12-45-20-7-4-17(10-22(20)47-18-5-6-18)27(42)39-13-30(44,31(33,34)35)24-11-19-26(46-14-29(19,2)28(38)43)25(40-24)16-3-8-21-23(9-16)49-32(36,37)48-21/h3-4,7-11,15,18,41,44H,5-6,12-14H2,1-2H3,(H2,38,43)(H,39,42)/t15-,29+,30?/m1/s1. The van der Waals surface area contributed by atoms with Gasteiger partial charge in [-0.15, -0.1) is 8.78 Å². The Hall–Kier alpha value is -4.90. The number of hydrogen-bond acceptors (Lipinski definition) is 10. The van der Waals surface area contributed by atoms with E-state index in [9.17, 15) is 41.8 Å². The van der Waals surface area contributed by atoms with Crippen molar-refractivity contribution in [1.29, 1.82) is 0 Å². The normalized spacial score (nSPS) is 20.8. The highest BCUT2D eigenvalue weighted by Crippen LogP contribution is 2.50. The highest BCUT2D eigenvalue weighted by atomic mass is 19.4. The highest BCUT2D eigenvalue weighted by Gasteiger charge is 2.58. The minimum absolute atomic E-state index is 0.0819. The van der Waals surface area contributed by atoms with Gasteiger partial charge in [0, 0.05) is 16.7 Å². The summed E-state index contributed by atoms with van der Waals surface area (Å²) in [4.78, 5) is 29.8. The van der Waals surface area contributed by atoms with Crippen LogP contribution in [-0.2, 0) is 15.8 Å². The van der Waals surface area contributed by atoms with E-state index in [1.165, 1.54) is 38.1 Å². The molecule has 3 aliphatic rings.